The fourth-order valence-corrected chi connectivity index (χ4v) is 0.747. The molecule has 0 saturated heterocycles. The Morgan fingerprint density at radius 1 is 1.77 bits per heavy atom. The molecule has 1 amide bonds. The minimum absolute atomic E-state index is 0.0668. The van der Waals surface area contributed by atoms with E-state index in [4.69, 9.17) is 10.3 Å². The zero-order chi connectivity index (χ0) is 9.68. The van der Waals surface area contributed by atoms with Gasteiger partial charge in [-0.1, -0.05) is 0 Å². The largest absolute Gasteiger partial charge is 0.497 e. The molecule has 0 bridgehead atoms. The van der Waals surface area contributed by atoms with E-state index >= 15 is 0 Å². The van der Waals surface area contributed by atoms with Gasteiger partial charge in [0.15, 0.2) is 0 Å². The summed E-state index contributed by atoms with van der Waals surface area (Å²) in [5.41, 5.74) is 8.07. The van der Waals surface area contributed by atoms with Crippen molar-refractivity contribution >= 4 is 5.91 Å². The normalized spacial score (nSPS) is 8.69. The summed E-state index contributed by atoms with van der Waals surface area (Å²) in [5.74, 6) is -0.229. The third-order valence-electron chi connectivity index (χ3n) is 1.32. The first-order chi connectivity index (χ1) is 6.27. The van der Waals surface area contributed by atoms with E-state index in [1.165, 1.54) is 19.4 Å². The van der Waals surface area contributed by atoms with Gasteiger partial charge in [0.25, 0.3) is 5.91 Å². The van der Waals surface area contributed by atoms with Gasteiger partial charge in [0, 0.05) is 17.2 Å². The molecule has 0 radical (unpaired) electrons. The van der Waals surface area contributed by atoms with Crippen molar-refractivity contribution in [3.8, 4) is 5.75 Å². The summed E-state index contributed by atoms with van der Waals surface area (Å²) in [6.07, 6.45) is 1.40. The van der Waals surface area contributed by atoms with Gasteiger partial charge in [-0.25, -0.2) is 0 Å². The number of hydrogen-bond acceptors (Lipinski definition) is 3. The van der Waals surface area contributed by atoms with Gasteiger partial charge in [-0.3, -0.25) is 9.78 Å². The number of hydrogen-bond donors (Lipinski definition) is 0. The van der Waals surface area contributed by atoms with Crippen LogP contribution in [-0.2, 0) is 0 Å². The van der Waals surface area contributed by atoms with Gasteiger partial charge < -0.3 is 4.74 Å². The number of amides is 1. The van der Waals surface area contributed by atoms with Gasteiger partial charge in [-0.15, -0.1) is 0 Å². The molecule has 0 spiro atoms. The van der Waals surface area contributed by atoms with Gasteiger partial charge >= 0.3 is 0 Å². The summed E-state index contributed by atoms with van der Waals surface area (Å²) in [6.45, 7) is 0. The van der Waals surface area contributed by atoms with E-state index in [1.807, 2.05) is 0 Å². The second kappa shape index (κ2) is 4.08. The van der Waals surface area contributed by atoms with Crippen LogP contribution >= 0.6 is 0 Å². The molecule has 1 rings (SSSR count). The lowest BCUT2D eigenvalue weighted by Crippen LogP contribution is -1.97. The van der Waals surface area contributed by atoms with Crippen LogP contribution in [-0.4, -0.2) is 18.0 Å². The fourth-order valence-electron chi connectivity index (χ4n) is 0.747. The Kier molecular flexibility index (Phi) is 2.83. The number of rotatable bonds is 2. The highest BCUT2D eigenvalue weighted by atomic mass is 16.5. The fraction of sp³-hybridized carbons (Fsp3) is 0.143. The Hall–Kier alpha value is -2.07. The molecule has 0 N–H and O–H groups in total. The van der Waals surface area contributed by atoms with Crippen LogP contribution in [0.25, 0.3) is 10.4 Å². The molecule has 13 heavy (non-hydrogen) atoms. The maximum atomic E-state index is 11.0. The smallest absolute Gasteiger partial charge is 0.267 e. The zero-order valence-corrected chi connectivity index (χ0v) is 6.84. The second-order valence-corrected chi connectivity index (χ2v) is 2.08. The first-order valence-electron chi connectivity index (χ1n) is 3.37. The van der Waals surface area contributed by atoms with Crippen LogP contribution < -0.4 is 4.74 Å². The summed E-state index contributed by atoms with van der Waals surface area (Å²) in [6, 6.07) is 2.99. The Balaban J connectivity index is 3.01. The Labute approximate surface area is 73.8 Å². The van der Waals surface area contributed by atoms with Crippen LogP contribution in [0.2, 0.25) is 0 Å². The molecule has 66 valence electrons. The van der Waals surface area contributed by atoms with Crippen molar-refractivity contribution in [3.05, 3.63) is 34.5 Å². The maximum absolute atomic E-state index is 11.0. The first kappa shape index (κ1) is 9.02. The molecule has 0 aliphatic rings. The Morgan fingerprint density at radius 2 is 2.54 bits per heavy atom. The third kappa shape index (κ3) is 2.18. The molecule has 1 heterocycles. The molecule has 1 aromatic heterocycles. The van der Waals surface area contributed by atoms with Crippen molar-refractivity contribution in [3.63, 3.8) is 0 Å². The SMILES string of the molecule is COc1ccnc(C(=O)N=[N+]=[N-])c1. The lowest BCUT2D eigenvalue weighted by molar-refractivity contribution is 0.0995. The number of azide groups is 1. The van der Waals surface area contributed by atoms with Crippen LogP contribution in [0, 0.1) is 0 Å². The van der Waals surface area contributed by atoms with E-state index in [1.54, 1.807) is 6.07 Å². The number of carbonyl (C=O) groups is 1. The van der Waals surface area contributed by atoms with Gasteiger partial charge in [0.05, 0.1) is 7.11 Å². The van der Waals surface area contributed by atoms with E-state index in [9.17, 15) is 4.79 Å². The molecule has 0 aliphatic carbocycles. The molecular formula is C7H6N4O2. The summed E-state index contributed by atoms with van der Waals surface area (Å²) in [4.78, 5) is 17.0. The lowest BCUT2D eigenvalue weighted by Gasteiger charge is -1.98. The van der Waals surface area contributed by atoms with Gasteiger partial charge in [-0.2, -0.15) is 0 Å². The van der Waals surface area contributed by atoms with Crippen LogP contribution in [0.3, 0.4) is 0 Å². The second-order valence-electron chi connectivity index (χ2n) is 2.08. The molecular weight excluding hydrogens is 172 g/mol. The average Bonchev–Trinajstić information content (AvgIpc) is 2.18. The molecule has 1 aromatic rings. The molecule has 0 fully saturated rings. The lowest BCUT2D eigenvalue weighted by atomic mass is 10.3. The highest BCUT2D eigenvalue weighted by Crippen LogP contribution is 2.10. The van der Waals surface area contributed by atoms with Crippen LogP contribution in [0.5, 0.6) is 5.75 Å². The van der Waals surface area contributed by atoms with Crippen LogP contribution in [0.1, 0.15) is 10.5 Å². The summed E-state index contributed by atoms with van der Waals surface area (Å²) >= 11 is 0. The Morgan fingerprint density at radius 3 is 3.15 bits per heavy atom. The monoisotopic (exact) mass is 178 g/mol. The van der Waals surface area contributed by atoms with Crippen molar-refractivity contribution in [2.24, 2.45) is 5.11 Å². The number of ether oxygens (including phenoxy) is 1. The molecule has 0 aliphatic heterocycles. The molecule has 6 heteroatoms. The standard InChI is InChI=1S/C7H6N4O2/c1-13-5-2-3-9-6(4-5)7(12)10-11-8/h2-4H,1H3. The van der Waals surface area contributed by atoms with Crippen molar-refractivity contribution in [2.75, 3.05) is 7.11 Å². The van der Waals surface area contributed by atoms with E-state index in [0.29, 0.717) is 5.75 Å². The number of nitrogens with zero attached hydrogens (tertiary/aromatic N) is 4. The third-order valence-corrected chi connectivity index (χ3v) is 1.32. The van der Waals surface area contributed by atoms with Crippen molar-refractivity contribution < 1.29 is 9.53 Å². The van der Waals surface area contributed by atoms with Gasteiger partial charge in [0.2, 0.25) is 0 Å². The minimum Gasteiger partial charge on any atom is -0.497 e. The Bertz CT molecular complexity index is 371. The maximum Gasteiger partial charge on any atom is 0.267 e. The van der Waals surface area contributed by atoms with E-state index in [0.717, 1.165) is 0 Å². The van der Waals surface area contributed by atoms with Crippen molar-refractivity contribution in [1.82, 2.24) is 4.98 Å². The highest BCUT2D eigenvalue weighted by Gasteiger charge is 2.04. The molecule has 0 aromatic carbocycles. The molecule has 0 atom stereocenters. The zero-order valence-electron chi connectivity index (χ0n) is 6.84. The van der Waals surface area contributed by atoms with Crippen LogP contribution in [0.15, 0.2) is 23.4 Å². The summed E-state index contributed by atoms with van der Waals surface area (Å²) < 4.78 is 4.86. The van der Waals surface area contributed by atoms with Gasteiger partial charge in [-0.05, 0) is 16.7 Å². The predicted molar refractivity (Wildman–Crippen MR) is 44.3 cm³/mol. The number of carbonyl (C=O) groups excluding carboxylic acids is 1. The van der Waals surface area contributed by atoms with E-state index in [-0.39, 0.29) is 5.69 Å². The summed E-state index contributed by atoms with van der Waals surface area (Å²) in [5, 5.41) is 2.89. The number of pyridine rings is 1. The van der Waals surface area contributed by atoms with Crippen molar-refractivity contribution in [2.45, 2.75) is 0 Å². The van der Waals surface area contributed by atoms with E-state index in [2.05, 4.69) is 15.0 Å². The van der Waals surface area contributed by atoms with E-state index < -0.39 is 5.91 Å². The highest BCUT2D eigenvalue weighted by molar-refractivity contribution is 5.93. The quantitative estimate of drug-likeness (QED) is 0.391. The minimum atomic E-state index is -0.721. The summed E-state index contributed by atoms with van der Waals surface area (Å²) in [7, 11) is 1.47. The molecule has 6 nitrogen and oxygen atoms in total. The first-order valence-corrected chi connectivity index (χ1v) is 3.37. The number of aromatic nitrogens is 1. The topological polar surface area (TPSA) is 88.0 Å². The predicted octanol–water partition coefficient (Wildman–Crippen LogP) is 1.54. The molecule has 0 saturated carbocycles. The van der Waals surface area contributed by atoms with Crippen LogP contribution in [0.4, 0.5) is 0 Å². The average molecular weight is 178 g/mol. The van der Waals surface area contributed by atoms with Gasteiger partial charge in [0.1, 0.15) is 11.4 Å². The van der Waals surface area contributed by atoms with Crippen molar-refractivity contribution in [1.29, 1.82) is 0 Å². The molecule has 0 unspecified atom stereocenters. The number of methoxy groups -OCH3 is 1.